The van der Waals surface area contributed by atoms with Crippen molar-refractivity contribution >= 4 is 40.8 Å². The minimum Gasteiger partial charge on any atom is -0.373 e. The fourth-order valence-corrected chi connectivity index (χ4v) is 4.35. The summed E-state index contributed by atoms with van der Waals surface area (Å²) in [6, 6.07) is 7.23. The van der Waals surface area contributed by atoms with Crippen LogP contribution in [-0.2, 0) is 11.2 Å². The van der Waals surface area contributed by atoms with Gasteiger partial charge >= 0.3 is 0 Å². The Morgan fingerprint density at radius 3 is 3.10 bits per heavy atom. The monoisotopic (exact) mass is 511 g/mol. The maximum absolute atomic E-state index is 6.03. The highest BCUT2D eigenvalue weighted by atomic mass is 127. The number of halogens is 1. The molecule has 3 N–H and O–H groups in total. The molecule has 0 bridgehead atoms. The lowest BCUT2D eigenvalue weighted by Gasteiger charge is -2.34. The number of nitrogens with one attached hydrogen (secondary N) is 3. The summed E-state index contributed by atoms with van der Waals surface area (Å²) in [6.07, 6.45) is 5.89. The standard InChI is InChI=1S/C22H33N5O.HI/c1-3-23-22(26-13-19-14-27-10-4-5-18(27)15-28-19)24-9-8-17-12-25-21-11-16(2)6-7-20(17)21;/h6-7,11-12,18-19,25H,3-5,8-10,13-15H2,1-2H3,(H2,23,24,26);1H. The zero-order valence-electron chi connectivity index (χ0n) is 17.5. The van der Waals surface area contributed by atoms with Gasteiger partial charge in [0.25, 0.3) is 0 Å². The first-order chi connectivity index (χ1) is 13.7. The van der Waals surface area contributed by atoms with E-state index in [1.54, 1.807) is 0 Å². The second kappa shape index (κ2) is 10.6. The van der Waals surface area contributed by atoms with E-state index in [2.05, 4.69) is 58.8 Å². The lowest BCUT2D eigenvalue weighted by Crippen LogP contribution is -2.47. The molecule has 1 aromatic heterocycles. The molecule has 0 saturated carbocycles. The summed E-state index contributed by atoms with van der Waals surface area (Å²) in [6.45, 7) is 9.75. The molecule has 0 aliphatic carbocycles. The van der Waals surface area contributed by atoms with Gasteiger partial charge in [-0.1, -0.05) is 12.1 Å². The molecule has 2 aliphatic heterocycles. The van der Waals surface area contributed by atoms with Crippen LogP contribution in [0.5, 0.6) is 0 Å². The van der Waals surface area contributed by atoms with Crippen LogP contribution >= 0.6 is 24.0 Å². The minimum absolute atomic E-state index is 0. The molecule has 160 valence electrons. The molecule has 2 aromatic rings. The Bertz CT molecular complexity index is 821. The van der Waals surface area contributed by atoms with E-state index in [9.17, 15) is 0 Å². The summed E-state index contributed by atoms with van der Waals surface area (Å²) in [4.78, 5) is 10.7. The van der Waals surface area contributed by atoms with Gasteiger partial charge in [-0.15, -0.1) is 24.0 Å². The van der Waals surface area contributed by atoms with Gasteiger partial charge in [0.1, 0.15) is 0 Å². The van der Waals surface area contributed by atoms with Gasteiger partial charge in [0.05, 0.1) is 19.3 Å². The molecule has 0 spiro atoms. The normalized spacial score (nSPS) is 22.3. The number of hydrogen-bond donors (Lipinski definition) is 3. The van der Waals surface area contributed by atoms with E-state index in [4.69, 9.17) is 9.73 Å². The fourth-order valence-electron chi connectivity index (χ4n) is 4.35. The first-order valence-electron chi connectivity index (χ1n) is 10.7. The highest BCUT2D eigenvalue weighted by Crippen LogP contribution is 2.22. The molecule has 4 rings (SSSR count). The van der Waals surface area contributed by atoms with E-state index in [0.29, 0.717) is 12.6 Å². The Hall–Kier alpha value is -1.32. The van der Waals surface area contributed by atoms with Gasteiger partial charge in [0, 0.05) is 42.8 Å². The van der Waals surface area contributed by atoms with Gasteiger partial charge in [-0.3, -0.25) is 9.89 Å². The quantitative estimate of drug-likeness (QED) is 0.317. The molecular formula is C22H34IN5O. The Balaban J connectivity index is 0.00000240. The average Bonchev–Trinajstić information content (AvgIpc) is 3.32. The van der Waals surface area contributed by atoms with Crippen molar-refractivity contribution in [3.63, 3.8) is 0 Å². The maximum Gasteiger partial charge on any atom is 0.191 e. The number of ether oxygens (including phenoxy) is 1. The highest BCUT2D eigenvalue weighted by molar-refractivity contribution is 14.0. The Morgan fingerprint density at radius 1 is 1.34 bits per heavy atom. The molecule has 3 heterocycles. The zero-order chi connectivity index (χ0) is 19.3. The van der Waals surface area contributed by atoms with E-state index in [-0.39, 0.29) is 30.1 Å². The molecule has 2 saturated heterocycles. The van der Waals surface area contributed by atoms with Crippen molar-refractivity contribution in [3.05, 3.63) is 35.5 Å². The lowest BCUT2D eigenvalue weighted by atomic mass is 10.1. The van der Waals surface area contributed by atoms with Gasteiger partial charge < -0.3 is 20.4 Å². The number of guanidine groups is 1. The fraction of sp³-hybridized carbons (Fsp3) is 0.591. The number of fused-ring (bicyclic) bond motifs is 2. The first kappa shape index (κ1) is 22.4. The summed E-state index contributed by atoms with van der Waals surface area (Å²) >= 11 is 0. The smallest absolute Gasteiger partial charge is 0.191 e. The van der Waals surface area contributed by atoms with Crippen molar-refractivity contribution in [3.8, 4) is 0 Å². The number of nitrogens with zero attached hydrogens (tertiary/aromatic N) is 2. The van der Waals surface area contributed by atoms with Crippen LogP contribution in [0, 0.1) is 6.92 Å². The average molecular weight is 511 g/mol. The summed E-state index contributed by atoms with van der Waals surface area (Å²) in [5.74, 6) is 0.880. The van der Waals surface area contributed by atoms with Crippen molar-refractivity contribution in [2.75, 3.05) is 39.3 Å². The number of aliphatic imine (C=N–C) groups is 1. The number of aromatic nitrogens is 1. The maximum atomic E-state index is 6.03. The SMILES string of the molecule is CCNC(=NCC1CN2CCCC2CO1)NCCc1c[nH]c2cc(C)ccc12.I. The highest BCUT2D eigenvalue weighted by Gasteiger charge is 2.31. The molecule has 2 atom stereocenters. The molecule has 29 heavy (non-hydrogen) atoms. The number of H-pyrrole nitrogens is 1. The van der Waals surface area contributed by atoms with E-state index >= 15 is 0 Å². The van der Waals surface area contributed by atoms with Crippen LogP contribution in [0.15, 0.2) is 29.4 Å². The predicted molar refractivity (Wildman–Crippen MR) is 130 cm³/mol. The number of morpholine rings is 1. The van der Waals surface area contributed by atoms with E-state index in [1.165, 1.54) is 41.4 Å². The molecular weight excluding hydrogens is 477 g/mol. The van der Waals surface area contributed by atoms with Gasteiger partial charge in [0.2, 0.25) is 0 Å². The third-order valence-electron chi connectivity index (χ3n) is 5.87. The van der Waals surface area contributed by atoms with E-state index in [1.807, 2.05) is 0 Å². The zero-order valence-corrected chi connectivity index (χ0v) is 19.9. The van der Waals surface area contributed by atoms with Crippen LogP contribution < -0.4 is 10.6 Å². The van der Waals surface area contributed by atoms with Crippen molar-refractivity contribution in [2.45, 2.75) is 45.3 Å². The molecule has 0 radical (unpaired) electrons. The molecule has 7 heteroatoms. The molecule has 2 aliphatic rings. The number of aryl methyl sites for hydroxylation is 1. The van der Waals surface area contributed by atoms with E-state index < -0.39 is 0 Å². The Morgan fingerprint density at radius 2 is 2.24 bits per heavy atom. The number of rotatable bonds is 6. The minimum atomic E-state index is 0. The third-order valence-corrected chi connectivity index (χ3v) is 5.87. The third kappa shape index (κ3) is 5.64. The van der Waals surface area contributed by atoms with Gasteiger partial charge in [-0.2, -0.15) is 0 Å². The number of hydrogen-bond acceptors (Lipinski definition) is 3. The van der Waals surface area contributed by atoms with Crippen LogP contribution in [0.3, 0.4) is 0 Å². The second-order valence-electron chi connectivity index (χ2n) is 8.01. The van der Waals surface area contributed by atoms with Gasteiger partial charge in [0.15, 0.2) is 5.96 Å². The molecule has 2 unspecified atom stereocenters. The van der Waals surface area contributed by atoms with Crippen LogP contribution in [0.4, 0.5) is 0 Å². The van der Waals surface area contributed by atoms with Crippen LogP contribution in [-0.4, -0.2) is 67.3 Å². The molecule has 6 nitrogen and oxygen atoms in total. The van der Waals surface area contributed by atoms with Crippen molar-refractivity contribution < 1.29 is 4.74 Å². The molecule has 2 fully saturated rings. The number of benzene rings is 1. The van der Waals surface area contributed by atoms with E-state index in [0.717, 1.165) is 38.6 Å². The topological polar surface area (TPSA) is 64.7 Å². The van der Waals surface area contributed by atoms with Crippen LogP contribution in [0.2, 0.25) is 0 Å². The Kier molecular flexibility index (Phi) is 8.20. The second-order valence-corrected chi connectivity index (χ2v) is 8.01. The Labute approximate surface area is 190 Å². The predicted octanol–water partition coefficient (Wildman–Crippen LogP) is 3.06. The summed E-state index contributed by atoms with van der Waals surface area (Å²) < 4.78 is 6.03. The van der Waals surface area contributed by atoms with Crippen LogP contribution in [0.25, 0.3) is 10.9 Å². The largest absolute Gasteiger partial charge is 0.373 e. The van der Waals surface area contributed by atoms with Crippen molar-refractivity contribution in [2.24, 2.45) is 4.99 Å². The van der Waals surface area contributed by atoms with Crippen molar-refractivity contribution in [1.29, 1.82) is 0 Å². The summed E-state index contributed by atoms with van der Waals surface area (Å²) in [5, 5.41) is 8.14. The van der Waals surface area contributed by atoms with Gasteiger partial charge in [-0.05, 0) is 56.8 Å². The lowest BCUT2D eigenvalue weighted by molar-refractivity contribution is -0.0432. The summed E-state index contributed by atoms with van der Waals surface area (Å²) in [5.41, 5.74) is 3.84. The van der Waals surface area contributed by atoms with Crippen molar-refractivity contribution in [1.82, 2.24) is 20.5 Å². The summed E-state index contributed by atoms with van der Waals surface area (Å²) in [7, 11) is 0. The molecule has 0 amide bonds. The van der Waals surface area contributed by atoms with Gasteiger partial charge in [-0.25, -0.2) is 0 Å². The van der Waals surface area contributed by atoms with Crippen LogP contribution in [0.1, 0.15) is 30.9 Å². The molecule has 1 aromatic carbocycles. The number of aromatic amines is 1. The first-order valence-corrected chi connectivity index (χ1v) is 10.7.